The van der Waals surface area contributed by atoms with Crippen LogP contribution < -0.4 is 0 Å². The second-order valence-electron chi connectivity index (χ2n) is 6.04. The third-order valence-electron chi connectivity index (χ3n) is 3.81. The van der Waals surface area contributed by atoms with Gasteiger partial charge >= 0.3 is 0 Å². The molecule has 1 aliphatic heterocycles. The second-order valence-corrected chi connectivity index (χ2v) is 10.8. The van der Waals surface area contributed by atoms with E-state index in [1.807, 2.05) is 0 Å². The summed E-state index contributed by atoms with van der Waals surface area (Å²) in [5, 5.41) is 8.34. The molecule has 1 aromatic rings. The van der Waals surface area contributed by atoms with E-state index in [2.05, 4.69) is 48.6 Å². The van der Waals surface area contributed by atoms with E-state index >= 15 is 0 Å². The van der Waals surface area contributed by atoms with Crippen molar-refractivity contribution in [1.82, 2.24) is 14.8 Å². The van der Waals surface area contributed by atoms with Crippen molar-refractivity contribution in [2.75, 3.05) is 0 Å². The minimum absolute atomic E-state index is 0.156. The monoisotopic (exact) mass is 239 g/mol. The number of nitrogens with zero attached hydrogens (tertiary/aromatic N) is 3. The maximum Gasteiger partial charge on any atom is 0.193 e. The lowest BCUT2D eigenvalue weighted by Crippen LogP contribution is -2.41. The molecule has 0 aromatic carbocycles. The summed E-state index contributed by atoms with van der Waals surface area (Å²) in [5.74, 6) is 1.00. The highest BCUT2D eigenvalue weighted by atomic mass is 28.4. The van der Waals surface area contributed by atoms with Crippen LogP contribution in [0.5, 0.6) is 0 Å². The van der Waals surface area contributed by atoms with Crippen molar-refractivity contribution >= 4 is 8.32 Å². The lowest BCUT2D eigenvalue weighted by atomic mass is 10.2. The summed E-state index contributed by atoms with van der Waals surface area (Å²) >= 11 is 0. The van der Waals surface area contributed by atoms with Crippen molar-refractivity contribution in [1.29, 1.82) is 0 Å². The van der Waals surface area contributed by atoms with Crippen molar-refractivity contribution in [3.63, 3.8) is 0 Å². The summed E-state index contributed by atoms with van der Waals surface area (Å²) in [6, 6.07) is 0. The molecule has 0 aliphatic carbocycles. The van der Waals surface area contributed by atoms with Gasteiger partial charge in [-0.3, -0.25) is 0 Å². The number of aryl methyl sites for hydroxylation is 1. The summed E-state index contributed by atoms with van der Waals surface area (Å²) in [6.45, 7) is 12.3. The standard InChI is InChI=1S/C11H21N3OSi/c1-11(2,3)16(4,5)15-9-6-7-14-8-12-13-10(9)14/h8-9H,6-7H2,1-5H3/t9-/m0/s1. The summed E-state index contributed by atoms with van der Waals surface area (Å²) < 4.78 is 8.46. The maximum absolute atomic E-state index is 6.36. The molecule has 1 atom stereocenters. The quantitative estimate of drug-likeness (QED) is 0.745. The van der Waals surface area contributed by atoms with E-state index in [0.29, 0.717) is 0 Å². The molecule has 0 spiro atoms. The Morgan fingerprint density at radius 2 is 2.12 bits per heavy atom. The van der Waals surface area contributed by atoms with Gasteiger partial charge < -0.3 is 8.99 Å². The van der Waals surface area contributed by atoms with Gasteiger partial charge in [0.15, 0.2) is 14.1 Å². The molecular formula is C11H21N3OSi. The van der Waals surface area contributed by atoms with Gasteiger partial charge in [0.05, 0.1) is 0 Å². The van der Waals surface area contributed by atoms with Gasteiger partial charge in [0.25, 0.3) is 0 Å². The molecule has 0 bridgehead atoms. The Bertz CT molecular complexity index is 381. The fourth-order valence-corrected chi connectivity index (χ4v) is 3.00. The van der Waals surface area contributed by atoms with Crippen molar-refractivity contribution in [3.05, 3.63) is 12.2 Å². The summed E-state index contributed by atoms with van der Waals surface area (Å²) in [6.07, 6.45) is 2.99. The highest BCUT2D eigenvalue weighted by molar-refractivity contribution is 6.74. The first-order valence-corrected chi connectivity index (χ1v) is 8.77. The van der Waals surface area contributed by atoms with Crippen LogP contribution in [-0.2, 0) is 11.0 Å². The van der Waals surface area contributed by atoms with E-state index in [1.54, 1.807) is 6.33 Å². The Balaban J connectivity index is 2.13. The normalized spacial score (nSPS) is 21.2. The Hall–Kier alpha value is -0.683. The molecule has 2 rings (SSSR count). The zero-order valence-electron chi connectivity index (χ0n) is 10.8. The summed E-state index contributed by atoms with van der Waals surface area (Å²) in [5.41, 5.74) is 0. The maximum atomic E-state index is 6.36. The molecule has 0 saturated carbocycles. The zero-order valence-corrected chi connectivity index (χ0v) is 11.8. The Morgan fingerprint density at radius 3 is 2.75 bits per heavy atom. The molecule has 1 aliphatic rings. The van der Waals surface area contributed by atoms with Crippen molar-refractivity contribution in [2.24, 2.45) is 0 Å². The van der Waals surface area contributed by atoms with Gasteiger partial charge in [-0.05, 0) is 24.6 Å². The number of hydrogen-bond acceptors (Lipinski definition) is 3. The zero-order chi connectivity index (χ0) is 12.0. The molecule has 0 unspecified atom stereocenters. The third-order valence-corrected chi connectivity index (χ3v) is 8.29. The van der Waals surface area contributed by atoms with E-state index in [4.69, 9.17) is 4.43 Å². The largest absolute Gasteiger partial charge is 0.407 e. The average Bonchev–Trinajstić information content (AvgIpc) is 2.67. The molecule has 0 amide bonds. The summed E-state index contributed by atoms with van der Waals surface area (Å²) in [7, 11) is -1.69. The minimum atomic E-state index is -1.69. The van der Waals surface area contributed by atoms with Crippen molar-refractivity contribution in [3.8, 4) is 0 Å². The first-order valence-electron chi connectivity index (χ1n) is 5.87. The van der Waals surface area contributed by atoms with Gasteiger partial charge in [-0.15, -0.1) is 10.2 Å². The Kier molecular flexibility index (Phi) is 2.70. The van der Waals surface area contributed by atoms with E-state index in [-0.39, 0.29) is 11.1 Å². The van der Waals surface area contributed by atoms with Crippen molar-refractivity contribution in [2.45, 2.75) is 58.0 Å². The predicted octanol–water partition coefficient (Wildman–Crippen LogP) is 2.74. The van der Waals surface area contributed by atoms with Crippen LogP contribution in [0.4, 0.5) is 0 Å². The first kappa shape index (κ1) is 11.8. The van der Waals surface area contributed by atoms with Crippen LogP contribution in [0, 0.1) is 0 Å². The van der Waals surface area contributed by atoms with E-state index in [1.165, 1.54) is 0 Å². The smallest absolute Gasteiger partial charge is 0.193 e. The summed E-state index contributed by atoms with van der Waals surface area (Å²) in [4.78, 5) is 0. The lowest BCUT2D eigenvalue weighted by Gasteiger charge is -2.37. The van der Waals surface area contributed by atoms with Crippen LogP contribution in [0.2, 0.25) is 18.1 Å². The Labute approximate surface area is 98.2 Å². The highest BCUT2D eigenvalue weighted by Gasteiger charge is 2.41. The number of rotatable bonds is 2. The molecule has 16 heavy (non-hydrogen) atoms. The molecular weight excluding hydrogens is 218 g/mol. The van der Waals surface area contributed by atoms with Crippen molar-refractivity contribution < 1.29 is 4.43 Å². The van der Waals surface area contributed by atoms with Gasteiger partial charge in [-0.2, -0.15) is 0 Å². The predicted molar refractivity (Wildman–Crippen MR) is 65.7 cm³/mol. The number of aromatic nitrogens is 3. The average molecular weight is 239 g/mol. The van der Waals surface area contributed by atoms with E-state index < -0.39 is 8.32 Å². The first-order chi connectivity index (χ1) is 7.31. The molecule has 0 N–H and O–H groups in total. The minimum Gasteiger partial charge on any atom is -0.407 e. The van der Waals surface area contributed by atoms with Crippen LogP contribution >= 0.6 is 0 Å². The molecule has 0 saturated heterocycles. The lowest BCUT2D eigenvalue weighted by molar-refractivity contribution is 0.180. The van der Waals surface area contributed by atoms with E-state index in [0.717, 1.165) is 18.8 Å². The van der Waals surface area contributed by atoms with Crippen LogP contribution in [0.25, 0.3) is 0 Å². The fraction of sp³-hybridized carbons (Fsp3) is 0.818. The topological polar surface area (TPSA) is 39.9 Å². The second kappa shape index (κ2) is 3.67. The van der Waals surface area contributed by atoms with E-state index in [9.17, 15) is 0 Å². The SMILES string of the molecule is CC(C)(C)[Si](C)(C)O[C@H]1CCn2cnnc21. The molecule has 4 nitrogen and oxygen atoms in total. The molecule has 2 heterocycles. The van der Waals surface area contributed by atoms with Crippen LogP contribution in [0.15, 0.2) is 6.33 Å². The fourth-order valence-electron chi connectivity index (χ4n) is 1.72. The number of hydrogen-bond donors (Lipinski definition) is 0. The Morgan fingerprint density at radius 1 is 1.44 bits per heavy atom. The molecule has 0 radical (unpaired) electrons. The molecule has 90 valence electrons. The molecule has 5 heteroatoms. The van der Waals surface area contributed by atoms with Crippen LogP contribution in [0.3, 0.4) is 0 Å². The van der Waals surface area contributed by atoms with Gasteiger partial charge in [0, 0.05) is 6.54 Å². The van der Waals surface area contributed by atoms with Gasteiger partial charge in [-0.1, -0.05) is 20.8 Å². The molecule has 1 aromatic heterocycles. The van der Waals surface area contributed by atoms with Gasteiger partial charge in [0.2, 0.25) is 0 Å². The van der Waals surface area contributed by atoms with Crippen LogP contribution in [-0.4, -0.2) is 23.1 Å². The highest BCUT2D eigenvalue weighted by Crippen LogP contribution is 2.41. The number of fused-ring (bicyclic) bond motifs is 1. The third kappa shape index (κ3) is 1.93. The van der Waals surface area contributed by atoms with Gasteiger partial charge in [0.1, 0.15) is 12.4 Å². The molecule has 0 fully saturated rings. The van der Waals surface area contributed by atoms with Gasteiger partial charge in [-0.25, -0.2) is 0 Å². The van der Waals surface area contributed by atoms with Crippen LogP contribution in [0.1, 0.15) is 39.1 Å².